The van der Waals surface area contributed by atoms with Crippen molar-refractivity contribution in [3.05, 3.63) is 48.5 Å². The maximum absolute atomic E-state index is 11.0. The van der Waals surface area contributed by atoms with Crippen molar-refractivity contribution in [1.29, 1.82) is 0 Å². The first-order valence-corrected chi connectivity index (χ1v) is 8.96. The molecule has 0 saturated carbocycles. The Labute approximate surface area is 147 Å². The van der Waals surface area contributed by atoms with Crippen LogP contribution in [0.4, 0.5) is 0 Å². The van der Waals surface area contributed by atoms with Gasteiger partial charge >= 0.3 is 0 Å². The van der Waals surface area contributed by atoms with Gasteiger partial charge in [0.1, 0.15) is 5.78 Å². The summed E-state index contributed by atoms with van der Waals surface area (Å²) in [5.41, 5.74) is 4.50. The van der Waals surface area contributed by atoms with Crippen molar-refractivity contribution in [2.24, 2.45) is 5.73 Å². The van der Waals surface area contributed by atoms with Crippen LogP contribution in [0.3, 0.4) is 0 Å². The molecule has 0 aliphatic rings. The van der Waals surface area contributed by atoms with Crippen molar-refractivity contribution in [2.75, 3.05) is 26.7 Å². The second-order valence-electron chi connectivity index (χ2n) is 5.37. The second-order valence-corrected chi connectivity index (χ2v) is 5.37. The molecule has 0 atom stereocenters. The highest BCUT2D eigenvalue weighted by Gasteiger charge is 2.01. The summed E-state index contributed by atoms with van der Waals surface area (Å²) in [5, 5.41) is 2.62. The molecule has 0 radical (unpaired) electrons. The SMILES string of the molecule is CCC(=O)CCCN(CC)CC.CN.c1ccc2ccccc2c1. The lowest BCUT2D eigenvalue weighted by atomic mass is 10.1. The minimum atomic E-state index is 0.391. The average Bonchev–Trinajstić information content (AvgIpc) is 2.67. The molecule has 0 aromatic heterocycles. The van der Waals surface area contributed by atoms with Gasteiger partial charge in [-0.2, -0.15) is 0 Å². The highest BCUT2D eigenvalue weighted by molar-refractivity contribution is 5.82. The van der Waals surface area contributed by atoms with Gasteiger partial charge in [0, 0.05) is 12.8 Å². The van der Waals surface area contributed by atoms with Crippen molar-refractivity contribution >= 4 is 16.6 Å². The van der Waals surface area contributed by atoms with Gasteiger partial charge in [-0.05, 0) is 43.9 Å². The van der Waals surface area contributed by atoms with Crippen LogP contribution < -0.4 is 5.73 Å². The number of Topliss-reactive ketones (excluding diaryl/α,β-unsaturated/α-hetero) is 1. The Kier molecular flexibility index (Phi) is 13.8. The quantitative estimate of drug-likeness (QED) is 0.813. The zero-order chi connectivity index (χ0) is 18.2. The Bertz CT molecular complexity index is 485. The predicted octanol–water partition coefficient (Wildman–Crippen LogP) is 4.50. The van der Waals surface area contributed by atoms with E-state index in [1.54, 1.807) is 0 Å². The summed E-state index contributed by atoms with van der Waals surface area (Å²) in [6.07, 6.45) is 2.47. The highest BCUT2D eigenvalue weighted by atomic mass is 16.1. The molecule has 2 aromatic rings. The van der Waals surface area contributed by atoms with E-state index < -0.39 is 0 Å². The van der Waals surface area contributed by atoms with Crippen LogP contribution in [0.5, 0.6) is 0 Å². The number of carbonyl (C=O) groups excluding carboxylic acids is 1. The molecular weight excluding hydrogens is 296 g/mol. The number of nitrogens with zero attached hydrogens (tertiary/aromatic N) is 1. The zero-order valence-corrected chi connectivity index (χ0v) is 15.8. The van der Waals surface area contributed by atoms with E-state index in [4.69, 9.17) is 0 Å². The van der Waals surface area contributed by atoms with E-state index in [2.05, 4.69) is 73.0 Å². The monoisotopic (exact) mass is 330 g/mol. The Morgan fingerprint density at radius 1 is 0.875 bits per heavy atom. The van der Waals surface area contributed by atoms with Gasteiger partial charge in [-0.15, -0.1) is 0 Å². The van der Waals surface area contributed by atoms with Gasteiger partial charge in [0.05, 0.1) is 0 Å². The van der Waals surface area contributed by atoms with E-state index in [0.717, 1.165) is 32.5 Å². The van der Waals surface area contributed by atoms with Gasteiger partial charge < -0.3 is 10.6 Å². The largest absolute Gasteiger partial charge is 0.333 e. The van der Waals surface area contributed by atoms with Crippen LogP contribution in [0.25, 0.3) is 10.8 Å². The summed E-state index contributed by atoms with van der Waals surface area (Å²) in [5.74, 6) is 0.391. The molecule has 24 heavy (non-hydrogen) atoms. The molecule has 0 aliphatic heterocycles. The number of carbonyl (C=O) groups is 1. The molecule has 2 aromatic carbocycles. The third-order valence-electron chi connectivity index (χ3n) is 3.88. The van der Waals surface area contributed by atoms with Crippen molar-refractivity contribution in [1.82, 2.24) is 4.90 Å². The first kappa shape index (κ1) is 22.3. The molecule has 0 fully saturated rings. The van der Waals surface area contributed by atoms with E-state index in [1.165, 1.54) is 17.8 Å². The lowest BCUT2D eigenvalue weighted by Gasteiger charge is -2.16. The Morgan fingerprint density at radius 3 is 1.62 bits per heavy atom. The van der Waals surface area contributed by atoms with E-state index in [-0.39, 0.29) is 0 Å². The molecule has 3 nitrogen and oxygen atoms in total. The van der Waals surface area contributed by atoms with Crippen molar-refractivity contribution in [3.63, 3.8) is 0 Å². The van der Waals surface area contributed by atoms with Crippen LogP contribution >= 0.6 is 0 Å². The van der Waals surface area contributed by atoms with Gasteiger partial charge in [0.25, 0.3) is 0 Å². The fourth-order valence-electron chi connectivity index (χ4n) is 2.35. The molecule has 2 N–H and O–H groups in total. The number of benzene rings is 2. The predicted molar refractivity (Wildman–Crippen MR) is 106 cm³/mol. The third-order valence-corrected chi connectivity index (χ3v) is 3.88. The number of nitrogens with two attached hydrogens (primary N) is 1. The first-order valence-electron chi connectivity index (χ1n) is 8.96. The van der Waals surface area contributed by atoms with Gasteiger partial charge in [-0.3, -0.25) is 4.79 Å². The Hall–Kier alpha value is -1.71. The molecular formula is C21H34N2O. The van der Waals surface area contributed by atoms with E-state index in [1.807, 2.05) is 6.92 Å². The maximum atomic E-state index is 11.0. The standard InChI is InChI=1S/C10H21NO.C10H8.CH5N/c1-4-10(12)8-7-9-11(5-2)6-3;1-2-6-10-8-4-3-7-9(10)5-1;1-2/h4-9H2,1-3H3;1-8H;2H2,1H3. The van der Waals surface area contributed by atoms with Gasteiger partial charge in [0.2, 0.25) is 0 Å². The third kappa shape index (κ3) is 9.43. The number of fused-ring (bicyclic) bond motifs is 1. The smallest absolute Gasteiger partial charge is 0.132 e. The van der Waals surface area contributed by atoms with Crippen LogP contribution in [0.2, 0.25) is 0 Å². The van der Waals surface area contributed by atoms with Crippen molar-refractivity contribution in [2.45, 2.75) is 40.0 Å². The average molecular weight is 331 g/mol. The molecule has 0 spiro atoms. The summed E-state index contributed by atoms with van der Waals surface area (Å²) in [7, 11) is 1.50. The maximum Gasteiger partial charge on any atom is 0.132 e. The van der Waals surface area contributed by atoms with Crippen molar-refractivity contribution in [3.8, 4) is 0 Å². The normalized spacial score (nSPS) is 9.75. The number of hydrogen-bond acceptors (Lipinski definition) is 3. The molecule has 134 valence electrons. The Morgan fingerprint density at radius 2 is 1.29 bits per heavy atom. The molecule has 0 amide bonds. The fraction of sp³-hybridized carbons (Fsp3) is 0.476. The molecule has 2 rings (SSSR count). The molecule has 0 saturated heterocycles. The minimum Gasteiger partial charge on any atom is -0.333 e. The van der Waals surface area contributed by atoms with Crippen LogP contribution in [0, 0.1) is 0 Å². The lowest BCUT2D eigenvalue weighted by Crippen LogP contribution is -2.24. The van der Waals surface area contributed by atoms with Crippen LogP contribution in [-0.2, 0) is 4.79 Å². The van der Waals surface area contributed by atoms with Gasteiger partial charge in [-0.25, -0.2) is 0 Å². The summed E-state index contributed by atoms with van der Waals surface area (Å²) >= 11 is 0. The number of rotatable bonds is 7. The van der Waals surface area contributed by atoms with Crippen LogP contribution in [0.1, 0.15) is 40.0 Å². The molecule has 0 bridgehead atoms. The summed E-state index contributed by atoms with van der Waals surface area (Å²) in [6.45, 7) is 9.50. The highest BCUT2D eigenvalue weighted by Crippen LogP contribution is 2.11. The fourth-order valence-corrected chi connectivity index (χ4v) is 2.35. The second kappa shape index (κ2) is 14.9. The zero-order valence-electron chi connectivity index (χ0n) is 15.8. The lowest BCUT2D eigenvalue weighted by molar-refractivity contribution is -0.118. The first-order chi connectivity index (χ1) is 11.7. The molecule has 3 heteroatoms. The molecule has 0 unspecified atom stereocenters. The molecule has 0 aliphatic carbocycles. The van der Waals surface area contributed by atoms with Gasteiger partial charge in [-0.1, -0.05) is 69.3 Å². The minimum absolute atomic E-state index is 0.391. The number of ketones is 1. The summed E-state index contributed by atoms with van der Waals surface area (Å²) < 4.78 is 0. The topological polar surface area (TPSA) is 46.3 Å². The van der Waals surface area contributed by atoms with Crippen LogP contribution in [-0.4, -0.2) is 37.4 Å². The molecule has 0 heterocycles. The van der Waals surface area contributed by atoms with E-state index >= 15 is 0 Å². The van der Waals surface area contributed by atoms with Crippen molar-refractivity contribution < 1.29 is 4.79 Å². The van der Waals surface area contributed by atoms with E-state index in [0.29, 0.717) is 12.2 Å². The van der Waals surface area contributed by atoms with Crippen LogP contribution in [0.15, 0.2) is 48.5 Å². The Balaban J connectivity index is 0.000000402. The number of hydrogen-bond donors (Lipinski definition) is 1. The summed E-state index contributed by atoms with van der Waals surface area (Å²) in [6, 6.07) is 16.7. The van der Waals surface area contributed by atoms with E-state index in [9.17, 15) is 4.79 Å². The summed E-state index contributed by atoms with van der Waals surface area (Å²) in [4.78, 5) is 13.3. The van der Waals surface area contributed by atoms with Gasteiger partial charge in [0.15, 0.2) is 0 Å².